The van der Waals surface area contributed by atoms with Gasteiger partial charge in [0.2, 0.25) is 5.88 Å². The maximum atomic E-state index is 5.22. The van der Waals surface area contributed by atoms with Crippen LogP contribution in [0.4, 0.5) is 5.69 Å². The molecule has 110 valence electrons. The molecule has 4 heteroatoms. The van der Waals surface area contributed by atoms with Crippen LogP contribution in [-0.2, 0) is 0 Å². The zero-order valence-electron chi connectivity index (χ0n) is 12.4. The zero-order valence-corrected chi connectivity index (χ0v) is 12.4. The summed E-state index contributed by atoms with van der Waals surface area (Å²) in [4.78, 5) is 4.25. The minimum Gasteiger partial charge on any atom is -0.497 e. The Hall–Kier alpha value is -2.23. The van der Waals surface area contributed by atoms with E-state index in [9.17, 15) is 0 Å². The van der Waals surface area contributed by atoms with Gasteiger partial charge in [0, 0.05) is 6.07 Å². The quantitative estimate of drug-likeness (QED) is 0.879. The number of hydrogen-bond acceptors (Lipinski definition) is 4. The van der Waals surface area contributed by atoms with E-state index in [0.29, 0.717) is 17.8 Å². The number of benzene rings is 1. The largest absolute Gasteiger partial charge is 0.497 e. The number of aromatic nitrogens is 1. The predicted octanol–water partition coefficient (Wildman–Crippen LogP) is 3.66. The molecule has 1 atom stereocenters. The first-order valence-electron chi connectivity index (χ1n) is 7.20. The molecular weight excluding hydrogens is 264 g/mol. The summed E-state index contributed by atoms with van der Waals surface area (Å²) in [5, 5.41) is 3.59. The maximum absolute atomic E-state index is 5.22. The number of rotatable bonds is 6. The molecule has 1 aliphatic carbocycles. The van der Waals surface area contributed by atoms with Gasteiger partial charge < -0.3 is 14.8 Å². The number of anilines is 1. The van der Waals surface area contributed by atoms with Crippen LogP contribution in [0.25, 0.3) is 0 Å². The van der Waals surface area contributed by atoms with Gasteiger partial charge >= 0.3 is 0 Å². The van der Waals surface area contributed by atoms with Crippen molar-refractivity contribution in [3.8, 4) is 11.6 Å². The lowest BCUT2D eigenvalue weighted by Crippen LogP contribution is -2.13. The van der Waals surface area contributed by atoms with Gasteiger partial charge in [-0.05, 0) is 42.5 Å². The highest BCUT2D eigenvalue weighted by Gasteiger charge is 2.32. The van der Waals surface area contributed by atoms with Gasteiger partial charge in [0.25, 0.3) is 0 Å². The van der Waals surface area contributed by atoms with Gasteiger partial charge in [-0.1, -0.05) is 12.1 Å². The van der Waals surface area contributed by atoms with Crippen molar-refractivity contribution in [3.63, 3.8) is 0 Å². The Kier molecular flexibility index (Phi) is 3.95. The molecule has 3 rings (SSSR count). The van der Waals surface area contributed by atoms with Crippen molar-refractivity contribution in [1.29, 1.82) is 0 Å². The molecule has 0 bridgehead atoms. The first kappa shape index (κ1) is 13.7. The molecule has 21 heavy (non-hydrogen) atoms. The first-order chi connectivity index (χ1) is 10.3. The monoisotopic (exact) mass is 284 g/mol. The molecule has 0 radical (unpaired) electrons. The molecule has 1 heterocycles. The molecule has 0 amide bonds. The molecule has 1 saturated carbocycles. The molecule has 1 aliphatic rings. The third-order valence-corrected chi connectivity index (χ3v) is 3.84. The van der Waals surface area contributed by atoms with Crippen LogP contribution in [0, 0.1) is 5.92 Å². The van der Waals surface area contributed by atoms with E-state index in [0.717, 1.165) is 11.4 Å². The Morgan fingerprint density at radius 1 is 1.05 bits per heavy atom. The van der Waals surface area contributed by atoms with Gasteiger partial charge in [-0.3, -0.25) is 0 Å². The van der Waals surface area contributed by atoms with Gasteiger partial charge in [-0.2, -0.15) is 0 Å². The standard InChI is InChI=1S/C17H20N2O2/c1-20-15-8-5-13(6-9-15)17(12-3-4-12)19-14-7-10-16(21-2)18-11-14/h5-12,17,19H,3-4H2,1-2H3. The highest BCUT2D eigenvalue weighted by molar-refractivity contribution is 5.46. The summed E-state index contributed by atoms with van der Waals surface area (Å²) in [5.41, 5.74) is 2.30. The van der Waals surface area contributed by atoms with Crippen molar-refractivity contribution in [2.45, 2.75) is 18.9 Å². The van der Waals surface area contributed by atoms with Crippen molar-refractivity contribution in [1.82, 2.24) is 4.98 Å². The molecule has 0 spiro atoms. The number of methoxy groups -OCH3 is 2. The summed E-state index contributed by atoms with van der Waals surface area (Å²) < 4.78 is 10.3. The Morgan fingerprint density at radius 2 is 1.81 bits per heavy atom. The van der Waals surface area contributed by atoms with Crippen molar-refractivity contribution in [3.05, 3.63) is 48.2 Å². The average molecular weight is 284 g/mol. The van der Waals surface area contributed by atoms with Gasteiger partial charge in [0.1, 0.15) is 5.75 Å². The summed E-state index contributed by atoms with van der Waals surface area (Å²) in [5.74, 6) is 2.22. The average Bonchev–Trinajstić information content (AvgIpc) is 3.38. The first-order valence-corrected chi connectivity index (χ1v) is 7.20. The highest BCUT2D eigenvalue weighted by atomic mass is 16.5. The van der Waals surface area contributed by atoms with E-state index < -0.39 is 0 Å². The van der Waals surface area contributed by atoms with E-state index >= 15 is 0 Å². The van der Waals surface area contributed by atoms with E-state index in [2.05, 4.69) is 22.4 Å². The number of nitrogens with zero attached hydrogens (tertiary/aromatic N) is 1. The molecule has 4 nitrogen and oxygen atoms in total. The molecule has 1 aromatic carbocycles. The number of ether oxygens (including phenoxy) is 2. The second-order valence-electron chi connectivity index (χ2n) is 5.32. The zero-order chi connectivity index (χ0) is 14.7. The third kappa shape index (κ3) is 3.27. The minimum absolute atomic E-state index is 0.325. The molecule has 1 unspecified atom stereocenters. The van der Waals surface area contributed by atoms with E-state index in [4.69, 9.17) is 9.47 Å². The lowest BCUT2D eigenvalue weighted by molar-refractivity contribution is 0.398. The van der Waals surface area contributed by atoms with E-state index in [-0.39, 0.29) is 0 Å². The van der Waals surface area contributed by atoms with Gasteiger partial charge in [0.15, 0.2) is 0 Å². The van der Waals surface area contributed by atoms with Crippen molar-refractivity contribution in [2.75, 3.05) is 19.5 Å². The van der Waals surface area contributed by atoms with Crippen LogP contribution >= 0.6 is 0 Å². The molecular formula is C17H20N2O2. The smallest absolute Gasteiger partial charge is 0.213 e. The fourth-order valence-electron chi connectivity index (χ4n) is 2.48. The molecule has 1 N–H and O–H groups in total. The van der Waals surface area contributed by atoms with E-state index in [1.165, 1.54) is 18.4 Å². The predicted molar refractivity (Wildman–Crippen MR) is 82.9 cm³/mol. The van der Waals surface area contributed by atoms with Crippen molar-refractivity contribution >= 4 is 5.69 Å². The molecule has 0 saturated heterocycles. The van der Waals surface area contributed by atoms with Crippen LogP contribution in [0.5, 0.6) is 11.6 Å². The van der Waals surface area contributed by atoms with Crippen LogP contribution in [-0.4, -0.2) is 19.2 Å². The maximum Gasteiger partial charge on any atom is 0.213 e. The Labute approximate surface area is 125 Å². The van der Waals surface area contributed by atoms with Crippen LogP contribution in [0.3, 0.4) is 0 Å². The Morgan fingerprint density at radius 3 is 2.33 bits per heavy atom. The SMILES string of the molecule is COc1ccc(C(Nc2ccc(OC)nc2)C2CC2)cc1. The van der Waals surface area contributed by atoms with Gasteiger partial charge in [-0.25, -0.2) is 4.98 Å². The molecule has 0 aliphatic heterocycles. The van der Waals surface area contributed by atoms with Crippen molar-refractivity contribution in [2.24, 2.45) is 5.92 Å². The minimum atomic E-state index is 0.325. The Bertz CT molecular complexity index is 577. The Balaban J connectivity index is 1.77. The lowest BCUT2D eigenvalue weighted by Gasteiger charge is -2.20. The number of hydrogen-bond donors (Lipinski definition) is 1. The highest BCUT2D eigenvalue weighted by Crippen LogP contribution is 2.43. The fourth-order valence-corrected chi connectivity index (χ4v) is 2.48. The van der Waals surface area contributed by atoms with Gasteiger partial charge in [0.05, 0.1) is 32.1 Å². The van der Waals surface area contributed by atoms with Gasteiger partial charge in [-0.15, -0.1) is 0 Å². The second-order valence-corrected chi connectivity index (χ2v) is 5.32. The van der Waals surface area contributed by atoms with E-state index in [1.807, 2.05) is 30.5 Å². The fraction of sp³-hybridized carbons (Fsp3) is 0.353. The van der Waals surface area contributed by atoms with Crippen LogP contribution in [0.2, 0.25) is 0 Å². The summed E-state index contributed by atoms with van der Waals surface area (Å²) in [6.07, 6.45) is 4.36. The number of nitrogens with one attached hydrogen (secondary N) is 1. The molecule has 2 aromatic rings. The summed E-state index contributed by atoms with van der Waals surface area (Å²) in [6, 6.07) is 12.5. The normalized spacial score (nSPS) is 15.3. The molecule has 1 aromatic heterocycles. The summed E-state index contributed by atoms with van der Waals surface area (Å²) in [6.45, 7) is 0. The number of pyridine rings is 1. The van der Waals surface area contributed by atoms with Crippen LogP contribution < -0.4 is 14.8 Å². The topological polar surface area (TPSA) is 43.4 Å². The summed E-state index contributed by atoms with van der Waals surface area (Å²) >= 11 is 0. The molecule has 1 fully saturated rings. The summed E-state index contributed by atoms with van der Waals surface area (Å²) in [7, 11) is 3.31. The van der Waals surface area contributed by atoms with Crippen LogP contribution in [0.1, 0.15) is 24.4 Å². The van der Waals surface area contributed by atoms with E-state index in [1.54, 1.807) is 14.2 Å². The van der Waals surface area contributed by atoms with Crippen molar-refractivity contribution < 1.29 is 9.47 Å². The second kappa shape index (κ2) is 6.04. The third-order valence-electron chi connectivity index (χ3n) is 3.84. The lowest BCUT2D eigenvalue weighted by atomic mass is 10.0. The van der Waals surface area contributed by atoms with Crippen LogP contribution in [0.15, 0.2) is 42.6 Å².